The third-order valence-electron chi connectivity index (χ3n) is 9.79. The maximum absolute atomic E-state index is 11.8. The average Bonchev–Trinajstić information content (AvgIpc) is 3.00. The number of aliphatic carboxylic acids is 1. The number of hydrogen-bond acceptors (Lipinski definition) is 2. The summed E-state index contributed by atoms with van der Waals surface area (Å²) in [4.78, 5) is 11.8. The van der Waals surface area contributed by atoms with Crippen molar-refractivity contribution in [1.29, 1.82) is 0 Å². The van der Waals surface area contributed by atoms with Crippen LogP contribution in [0, 0.1) is 0 Å². The minimum Gasteiger partial charge on any atom is -0.479 e. The lowest BCUT2D eigenvalue weighted by atomic mass is 9.89. The Morgan fingerprint density at radius 3 is 0.674 bits per heavy atom. The molecule has 1 atom stereocenters. The molecule has 3 heteroatoms. The van der Waals surface area contributed by atoms with Crippen LogP contribution in [0.2, 0.25) is 0 Å². The fourth-order valence-electron chi connectivity index (χ4n) is 6.62. The topological polar surface area (TPSA) is 57.5 Å². The highest BCUT2D eigenvalue weighted by atomic mass is 16.4. The number of hydrogen-bond donors (Lipinski definition) is 2. The Bertz CT molecular complexity index is 548. The van der Waals surface area contributed by atoms with Gasteiger partial charge in [-0.15, -0.1) is 0 Å². The minimum atomic E-state index is -1.51. The standard InChI is InChI=1S/C40H80O3/c1-3-5-7-9-11-13-15-17-19-21-22-24-26-28-30-32-34-36-38-40(43,39(41)42)37-35-33-31-29-27-25-23-20-18-16-14-12-10-8-6-4-2/h43H,3-38H2,1-2H3,(H,41,42). The van der Waals surface area contributed by atoms with Gasteiger partial charge in [0.15, 0.2) is 5.60 Å². The Labute approximate surface area is 271 Å². The number of carboxylic acids is 1. The van der Waals surface area contributed by atoms with Crippen LogP contribution in [0.25, 0.3) is 0 Å². The quantitative estimate of drug-likeness (QED) is 0.0690. The van der Waals surface area contributed by atoms with Gasteiger partial charge in [-0.1, -0.05) is 219 Å². The van der Waals surface area contributed by atoms with Crippen LogP contribution in [0.4, 0.5) is 0 Å². The third-order valence-corrected chi connectivity index (χ3v) is 9.79. The van der Waals surface area contributed by atoms with E-state index in [9.17, 15) is 15.0 Å². The zero-order valence-corrected chi connectivity index (χ0v) is 29.8. The van der Waals surface area contributed by atoms with Crippen LogP contribution in [0.3, 0.4) is 0 Å². The molecule has 0 bridgehead atoms. The van der Waals surface area contributed by atoms with Gasteiger partial charge in [-0.2, -0.15) is 0 Å². The number of rotatable bonds is 37. The van der Waals surface area contributed by atoms with Gasteiger partial charge in [-0.25, -0.2) is 4.79 Å². The summed E-state index contributed by atoms with van der Waals surface area (Å²) < 4.78 is 0. The molecule has 0 aromatic heterocycles. The van der Waals surface area contributed by atoms with Crippen molar-refractivity contribution in [2.45, 2.75) is 251 Å². The molecule has 0 saturated carbocycles. The van der Waals surface area contributed by atoms with E-state index in [0.717, 1.165) is 25.7 Å². The van der Waals surface area contributed by atoms with Crippen molar-refractivity contribution in [3.05, 3.63) is 0 Å². The monoisotopic (exact) mass is 609 g/mol. The van der Waals surface area contributed by atoms with E-state index in [2.05, 4.69) is 13.8 Å². The SMILES string of the molecule is CCCCCCCCCCCCCCCCCCCCC(O)(CCCCCCCCCCCCCCCCCC)C(=O)O. The molecule has 0 aliphatic rings. The Kier molecular flexibility index (Phi) is 33.9. The fraction of sp³-hybridized carbons (Fsp3) is 0.975. The van der Waals surface area contributed by atoms with Crippen LogP contribution < -0.4 is 0 Å². The van der Waals surface area contributed by atoms with Gasteiger partial charge in [0.2, 0.25) is 0 Å². The summed E-state index contributed by atoms with van der Waals surface area (Å²) in [6.07, 6.45) is 45.7. The van der Waals surface area contributed by atoms with E-state index in [1.165, 1.54) is 193 Å². The first-order valence-corrected chi connectivity index (χ1v) is 20.0. The van der Waals surface area contributed by atoms with E-state index in [0.29, 0.717) is 12.8 Å². The lowest BCUT2D eigenvalue weighted by molar-refractivity contribution is -0.160. The van der Waals surface area contributed by atoms with Gasteiger partial charge in [-0.3, -0.25) is 0 Å². The van der Waals surface area contributed by atoms with Crippen molar-refractivity contribution < 1.29 is 15.0 Å². The molecule has 0 spiro atoms. The predicted octanol–water partition coefficient (Wildman–Crippen LogP) is 13.9. The molecule has 0 amide bonds. The van der Waals surface area contributed by atoms with Gasteiger partial charge in [0, 0.05) is 0 Å². The lowest BCUT2D eigenvalue weighted by Crippen LogP contribution is -2.38. The van der Waals surface area contributed by atoms with Crippen molar-refractivity contribution in [1.82, 2.24) is 0 Å². The molecular weight excluding hydrogens is 528 g/mol. The molecule has 0 saturated heterocycles. The summed E-state index contributed by atoms with van der Waals surface area (Å²) in [5, 5.41) is 20.4. The van der Waals surface area contributed by atoms with Gasteiger partial charge in [-0.05, 0) is 25.7 Å². The summed E-state index contributed by atoms with van der Waals surface area (Å²) in [5.74, 6) is -1.01. The Morgan fingerprint density at radius 1 is 0.349 bits per heavy atom. The van der Waals surface area contributed by atoms with E-state index in [1.54, 1.807) is 0 Å². The first-order valence-electron chi connectivity index (χ1n) is 20.0. The average molecular weight is 609 g/mol. The highest BCUT2D eigenvalue weighted by Gasteiger charge is 2.34. The molecule has 258 valence electrons. The van der Waals surface area contributed by atoms with Crippen LogP contribution in [0.15, 0.2) is 0 Å². The lowest BCUT2D eigenvalue weighted by Gasteiger charge is -2.23. The molecule has 2 N–H and O–H groups in total. The van der Waals surface area contributed by atoms with Gasteiger partial charge < -0.3 is 10.2 Å². The minimum absolute atomic E-state index is 0.416. The van der Waals surface area contributed by atoms with Gasteiger partial charge in [0.25, 0.3) is 0 Å². The van der Waals surface area contributed by atoms with Gasteiger partial charge >= 0.3 is 5.97 Å². The third kappa shape index (κ3) is 31.2. The van der Waals surface area contributed by atoms with Crippen LogP contribution in [0.1, 0.15) is 245 Å². The van der Waals surface area contributed by atoms with E-state index >= 15 is 0 Å². The molecule has 0 aromatic rings. The molecule has 0 aliphatic carbocycles. The van der Waals surface area contributed by atoms with Crippen LogP contribution in [-0.4, -0.2) is 21.8 Å². The maximum Gasteiger partial charge on any atom is 0.335 e. The van der Waals surface area contributed by atoms with E-state index < -0.39 is 11.6 Å². The number of aliphatic hydroxyl groups is 1. The van der Waals surface area contributed by atoms with E-state index in [-0.39, 0.29) is 0 Å². The number of unbranched alkanes of at least 4 members (excludes halogenated alkanes) is 32. The van der Waals surface area contributed by atoms with Crippen LogP contribution in [0.5, 0.6) is 0 Å². The first-order chi connectivity index (χ1) is 21.1. The molecular formula is C40H80O3. The molecule has 0 heterocycles. The van der Waals surface area contributed by atoms with Crippen molar-refractivity contribution in [2.24, 2.45) is 0 Å². The van der Waals surface area contributed by atoms with Crippen molar-refractivity contribution in [2.75, 3.05) is 0 Å². The van der Waals surface area contributed by atoms with Gasteiger partial charge in [0.1, 0.15) is 0 Å². The summed E-state index contributed by atoms with van der Waals surface area (Å²) in [6, 6.07) is 0. The Hall–Kier alpha value is -0.570. The molecule has 0 aliphatic heterocycles. The van der Waals surface area contributed by atoms with Gasteiger partial charge in [0.05, 0.1) is 0 Å². The predicted molar refractivity (Wildman–Crippen MR) is 190 cm³/mol. The van der Waals surface area contributed by atoms with Crippen molar-refractivity contribution in [3.8, 4) is 0 Å². The summed E-state index contributed by atoms with van der Waals surface area (Å²) in [5.41, 5.74) is -1.51. The highest BCUT2D eigenvalue weighted by molar-refractivity contribution is 5.76. The van der Waals surface area contributed by atoms with Crippen molar-refractivity contribution in [3.63, 3.8) is 0 Å². The number of carbonyl (C=O) groups is 1. The highest BCUT2D eigenvalue weighted by Crippen LogP contribution is 2.24. The Balaban J connectivity index is 3.49. The van der Waals surface area contributed by atoms with Crippen molar-refractivity contribution >= 4 is 5.97 Å². The molecule has 0 radical (unpaired) electrons. The second-order valence-electron chi connectivity index (χ2n) is 14.2. The summed E-state index contributed by atoms with van der Waals surface area (Å²) in [6.45, 7) is 4.57. The second kappa shape index (κ2) is 34.3. The fourth-order valence-corrected chi connectivity index (χ4v) is 6.62. The molecule has 43 heavy (non-hydrogen) atoms. The molecule has 3 nitrogen and oxygen atoms in total. The van der Waals surface area contributed by atoms with Crippen LogP contribution >= 0.6 is 0 Å². The molecule has 0 rings (SSSR count). The van der Waals surface area contributed by atoms with E-state index in [4.69, 9.17) is 0 Å². The molecule has 0 aromatic carbocycles. The zero-order valence-electron chi connectivity index (χ0n) is 29.8. The second-order valence-corrected chi connectivity index (χ2v) is 14.2. The molecule has 1 unspecified atom stereocenters. The number of carboxylic acid groups (broad SMARTS) is 1. The van der Waals surface area contributed by atoms with Crippen LogP contribution in [-0.2, 0) is 4.79 Å². The molecule has 0 fully saturated rings. The largest absolute Gasteiger partial charge is 0.479 e. The van der Waals surface area contributed by atoms with E-state index in [1.807, 2.05) is 0 Å². The normalized spacial score (nSPS) is 13.0. The first kappa shape index (κ1) is 42.4. The summed E-state index contributed by atoms with van der Waals surface area (Å²) >= 11 is 0. The Morgan fingerprint density at radius 2 is 0.512 bits per heavy atom. The smallest absolute Gasteiger partial charge is 0.335 e. The zero-order chi connectivity index (χ0) is 31.5. The maximum atomic E-state index is 11.8. The summed E-state index contributed by atoms with van der Waals surface area (Å²) in [7, 11) is 0.